The van der Waals surface area contributed by atoms with E-state index in [4.69, 9.17) is 16.9 Å². The maximum atomic E-state index is 13.4. The monoisotopic (exact) mass is 416 g/mol. The summed E-state index contributed by atoms with van der Waals surface area (Å²) < 4.78 is 28.3. The fourth-order valence-corrected chi connectivity index (χ4v) is 5.47. The third kappa shape index (κ3) is 4.22. The Hall–Kier alpha value is -2.33. The molecule has 0 saturated heterocycles. The van der Waals surface area contributed by atoms with E-state index in [1.165, 1.54) is 16.4 Å². The Morgan fingerprint density at radius 3 is 2.39 bits per heavy atom. The van der Waals surface area contributed by atoms with Crippen LogP contribution in [0.3, 0.4) is 0 Å². The molecule has 2 atom stereocenters. The minimum atomic E-state index is -3.82. The molecule has 0 spiro atoms. The summed E-state index contributed by atoms with van der Waals surface area (Å²) >= 11 is 5.91. The van der Waals surface area contributed by atoms with Crippen molar-refractivity contribution in [2.45, 2.75) is 36.7 Å². The highest BCUT2D eigenvalue weighted by atomic mass is 35.5. The van der Waals surface area contributed by atoms with E-state index in [1.54, 1.807) is 36.4 Å². The van der Waals surface area contributed by atoms with Crippen LogP contribution in [0.5, 0.6) is 0 Å². The Bertz CT molecular complexity index is 995. The number of benzene rings is 2. The summed E-state index contributed by atoms with van der Waals surface area (Å²) in [4.78, 5) is 0.153. The molecule has 0 heterocycles. The normalized spacial score (nSPS) is 19.5. The predicted octanol–water partition coefficient (Wildman–Crippen LogP) is 4.64. The zero-order valence-electron chi connectivity index (χ0n) is 15.3. The summed E-state index contributed by atoms with van der Waals surface area (Å²) in [6.45, 7) is 3.79. The molecule has 1 aliphatic carbocycles. The average Bonchev–Trinajstić information content (AvgIpc) is 3.16. The molecule has 28 heavy (non-hydrogen) atoms. The summed E-state index contributed by atoms with van der Waals surface area (Å²) in [5, 5.41) is 19.4. The molecule has 1 aliphatic rings. The molecular formula is C21H21ClN2O3S. The fourth-order valence-electron chi connectivity index (χ4n) is 3.66. The molecule has 0 aliphatic heterocycles. The van der Waals surface area contributed by atoms with Gasteiger partial charge >= 0.3 is 0 Å². The molecule has 0 aromatic heterocycles. The lowest BCUT2D eigenvalue weighted by molar-refractivity contribution is 0.229. The molecule has 0 bridgehead atoms. The highest BCUT2D eigenvalue weighted by Gasteiger charge is 2.40. The van der Waals surface area contributed by atoms with Crippen molar-refractivity contribution in [3.05, 3.63) is 77.0 Å². The van der Waals surface area contributed by atoms with Crippen LogP contribution < -0.4 is 0 Å². The third-order valence-electron chi connectivity index (χ3n) is 5.12. The van der Waals surface area contributed by atoms with Crippen molar-refractivity contribution in [3.63, 3.8) is 0 Å². The van der Waals surface area contributed by atoms with Crippen molar-refractivity contribution in [1.82, 2.24) is 4.31 Å². The van der Waals surface area contributed by atoms with Gasteiger partial charge in [0.15, 0.2) is 0 Å². The van der Waals surface area contributed by atoms with Crippen LogP contribution in [0.15, 0.2) is 65.8 Å². The Balaban J connectivity index is 2.01. The van der Waals surface area contributed by atoms with E-state index in [0.717, 1.165) is 12.0 Å². The molecule has 1 fully saturated rings. The fraction of sp³-hybridized carbons (Fsp3) is 0.286. The largest absolute Gasteiger partial charge is 0.513 e. The lowest BCUT2D eigenvalue weighted by atomic mass is 10.0. The van der Waals surface area contributed by atoms with Crippen molar-refractivity contribution in [3.8, 4) is 6.07 Å². The second kappa shape index (κ2) is 8.36. The van der Waals surface area contributed by atoms with Gasteiger partial charge in [-0.2, -0.15) is 9.57 Å². The maximum absolute atomic E-state index is 13.4. The van der Waals surface area contributed by atoms with Gasteiger partial charge in [0.2, 0.25) is 10.0 Å². The molecular weight excluding hydrogens is 396 g/mol. The van der Waals surface area contributed by atoms with Crippen LogP contribution in [0.4, 0.5) is 0 Å². The number of aliphatic hydroxyl groups is 1. The second-order valence-electron chi connectivity index (χ2n) is 6.91. The number of hydrogen-bond acceptors (Lipinski definition) is 4. The number of rotatable bonds is 6. The Morgan fingerprint density at radius 1 is 1.18 bits per heavy atom. The van der Waals surface area contributed by atoms with Gasteiger partial charge < -0.3 is 5.11 Å². The summed E-state index contributed by atoms with van der Waals surface area (Å²) in [7, 11) is -3.82. The smallest absolute Gasteiger partial charge is 0.243 e. The van der Waals surface area contributed by atoms with Crippen LogP contribution in [0.1, 0.15) is 30.4 Å². The molecule has 0 amide bonds. The van der Waals surface area contributed by atoms with Gasteiger partial charge in [-0.1, -0.05) is 36.7 Å². The number of halogens is 1. The van der Waals surface area contributed by atoms with Crippen LogP contribution in [0.2, 0.25) is 5.02 Å². The van der Waals surface area contributed by atoms with Crippen LogP contribution in [-0.4, -0.2) is 23.9 Å². The van der Waals surface area contributed by atoms with Gasteiger partial charge in [0.25, 0.3) is 0 Å². The summed E-state index contributed by atoms with van der Waals surface area (Å²) in [6, 6.07) is 14.6. The van der Waals surface area contributed by atoms with E-state index in [9.17, 15) is 13.5 Å². The lowest BCUT2D eigenvalue weighted by Crippen LogP contribution is -2.42. The highest BCUT2D eigenvalue weighted by Crippen LogP contribution is 2.37. The maximum Gasteiger partial charge on any atom is 0.243 e. The highest BCUT2D eigenvalue weighted by molar-refractivity contribution is 7.89. The van der Waals surface area contributed by atoms with Gasteiger partial charge in [0, 0.05) is 23.5 Å². The standard InChI is InChI=1S/C21H21ClN2O3S/c1-15(25)20-3-2-4-21(20)24(14-17-7-5-16(13-23)6-8-17)28(26,27)19-11-9-18(22)10-12-19/h5-12,20-21,25H,1-4,14H2/t20-,21+/m0/s1. The second-order valence-corrected chi connectivity index (χ2v) is 9.24. The average molecular weight is 417 g/mol. The van der Waals surface area contributed by atoms with Gasteiger partial charge in [0.05, 0.1) is 22.3 Å². The minimum Gasteiger partial charge on any atom is -0.513 e. The summed E-state index contributed by atoms with van der Waals surface area (Å²) in [6.07, 6.45) is 2.16. The molecule has 5 nitrogen and oxygen atoms in total. The first-order valence-corrected chi connectivity index (χ1v) is 10.8. The van der Waals surface area contributed by atoms with Crippen LogP contribution in [0, 0.1) is 17.2 Å². The number of nitrogens with zero attached hydrogens (tertiary/aromatic N) is 2. The van der Waals surface area contributed by atoms with Crippen molar-refractivity contribution in [1.29, 1.82) is 5.26 Å². The van der Waals surface area contributed by atoms with E-state index < -0.39 is 10.0 Å². The topological polar surface area (TPSA) is 81.4 Å². The molecule has 1 saturated carbocycles. The van der Waals surface area contributed by atoms with Crippen molar-refractivity contribution in [2.75, 3.05) is 0 Å². The minimum absolute atomic E-state index is 0.0126. The van der Waals surface area contributed by atoms with Gasteiger partial charge in [-0.05, 0) is 54.8 Å². The molecule has 1 N–H and O–H groups in total. The van der Waals surface area contributed by atoms with E-state index in [-0.39, 0.29) is 29.2 Å². The van der Waals surface area contributed by atoms with Crippen molar-refractivity contribution < 1.29 is 13.5 Å². The van der Waals surface area contributed by atoms with Gasteiger partial charge in [-0.25, -0.2) is 8.42 Å². The first-order chi connectivity index (χ1) is 13.3. The van der Waals surface area contributed by atoms with Crippen molar-refractivity contribution >= 4 is 21.6 Å². The first-order valence-electron chi connectivity index (χ1n) is 8.97. The number of sulfonamides is 1. The molecule has 7 heteroatoms. The molecule has 0 unspecified atom stereocenters. The van der Waals surface area contributed by atoms with Gasteiger partial charge in [-0.15, -0.1) is 0 Å². The number of hydrogen-bond donors (Lipinski definition) is 1. The van der Waals surface area contributed by atoms with Gasteiger partial charge in [0.1, 0.15) is 0 Å². The van der Waals surface area contributed by atoms with Crippen LogP contribution in [0.25, 0.3) is 0 Å². The van der Waals surface area contributed by atoms with Crippen LogP contribution >= 0.6 is 11.6 Å². The third-order valence-corrected chi connectivity index (χ3v) is 7.26. The van der Waals surface area contributed by atoms with Gasteiger partial charge in [-0.3, -0.25) is 0 Å². The van der Waals surface area contributed by atoms with E-state index >= 15 is 0 Å². The molecule has 2 aromatic carbocycles. The van der Waals surface area contributed by atoms with E-state index in [1.807, 2.05) is 0 Å². The Kier molecular flexibility index (Phi) is 6.09. The zero-order chi connectivity index (χ0) is 20.3. The molecule has 2 aromatic rings. The zero-order valence-corrected chi connectivity index (χ0v) is 16.8. The van der Waals surface area contributed by atoms with Crippen LogP contribution in [-0.2, 0) is 16.6 Å². The SMILES string of the molecule is C=C(O)[C@@H]1CCC[C@H]1N(Cc1ccc(C#N)cc1)S(=O)(=O)c1ccc(Cl)cc1. The number of aliphatic hydroxyl groups excluding tert-OH is 1. The number of nitriles is 1. The Morgan fingerprint density at radius 2 is 1.82 bits per heavy atom. The van der Waals surface area contributed by atoms with Crippen molar-refractivity contribution in [2.24, 2.45) is 5.92 Å². The summed E-state index contributed by atoms with van der Waals surface area (Å²) in [5.74, 6) is -0.293. The lowest BCUT2D eigenvalue weighted by Gasteiger charge is -2.32. The summed E-state index contributed by atoms with van der Waals surface area (Å²) in [5.41, 5.74) is 1.28. The predicted molar refractivity (Wildman–Crippen MR) is 108 cm³/mol. The van der Waals surface area contributed by atoms with E-state index in [2.05, 4.69) is 12.6 Å². The van der Waals surface area contributed by atoms with E-state index in [0.29, 0.717) is 23.4 Å². The molecule has 146 valence electrons. The molecule has 0 radical (unpaired) electrons. The molecule has 3 rings (SSSR count). The first kappa shape index (κ1) is 20.4. The Labute approximate surface area is 170 Å². The quantitative estimate of drug-likeness (QED) is 0.695.